The van der Waals surface area contributed by atoms with Gasteiger partial charge in [-0.1, -0.05) is 57.9 Å². The Morgan fingerprint density at radius 3 is 2.55 bits per heavy atom. The highest BCUT2D eigenvalue weighted by molar-refractivity contribution is 9.10. The van der Waals surface area contributed by atoms with Crippen molar-refractivity contribution in [1.82, 2.24) is 19.4 Å². The Labute approximate surface area is 184 Å². The lowest BCUT2D eigenvalue weighted by Gasteiger charge is -2.35. The molecule has 1 aliphatic rings. The number of rotatable bonds is 5. The second-order valence-electron chi connectivity index (χ2n) is 7.07. The largest absolute Gasteiger partial charge is 0.336 e. The van der Waals surface area contributed by atoms with Crippen molar-refractivity contribution < 1.29 is 4.79 Å². The molecule has 0 radical (unpaired) electrons. The minimum absolute atomic E-state index is 0.00285. The second-order valence-corrected chi connectivity index (χ2v) is 8.39. The molecule has 150 valence electrons. The molecule has 0 unspecified atom stereocenters. The molecular formula is C22H22BrClN4O. The van der Waals surface area contributed by atoms with Gasteiger partial charge in [-0.05, 0) is 18.2 Å². The van der Waals surface area contributed by atoms with Crippen molar-refractivity contribution in [2.24, 2.45) is 0 Å². The monoisotopic (exact) mass is 472 g/mol. The van der Waals surface area contributed by atoms with Gasteiger partial charge in [-0.3, -0.25) is 9.69 Å². The smallest absolute Gasteiger partial charge is 0.255 e. The van der Waals surface area contributed by atoms with Crippen molar-refractivity contribution in [1.29, 1.82) is 0 Å². The highest BCUT2D eigenvalue weighted by Crippen LogP contribution is 2.23. The molecule has 0 saturated carbocycles. The van der Waals surface area contributed by atoms with Gasteiger partial charge in [0.15, 0.2) is 0 Å². The molecule has 0 spiro atoms. The van der Waals surface area contributed by atoms with Gasteiger partial charge in [-0.25, -0.2) is 4.98 Å². The Hall–Kier alpha value is -2.15. The zero-order valence-electron chi connectivity index (χ0n) is 16.0. The molecule has 29 heavy (non-hydrogen) atoms. The molecule has 1 fully saturated rings. The highest BCUT2D eigenvalue weighted by Gasteiger charge is 2.23. The van der Waals surface area contributed by atoms with E-state index in [1.165, 1.54) is 0 Å². The van der Waals surface area contributed by atoms with Gasteiger partial charge in [0.05, 0.1) is 10.6 Å². The Bertz CT molecular complexity index is 983. The predicted octanol–water partition coefficient (Wildman–Crippen LogP) is 4.42. The van der Waals surface area contributed by atoms with Gasteiger partial charge >= 0.3 is 0 Å². The zero-order valence-corrected chi connectivity index (χ0v) is 18.3. The lowest BCUT2D eigenvalue weighted by Crippen LogP contribution is -2.49. The molecule has 1 aliphatic heterocycles. The summed E-state index contributed by atoms with van der Waals surface area (Å²) in [6.07, 6.45) is 3.87. The number of carbonyl (C=O) groups is 1. The average molecular weight is 474 g/mol. The van der Waals surface area contributed by atoms with Gasteiger partial charge < -0.3 is 9.47 Å². The Balaban J connectivity index is 1.33. The third-order valence-electron chi connectivity index (χ3n) is 5.22. The van der Waals surface area contributed by atoms with Gasteiger partial charge in [0.2, 0.25) is 0 Å². The topological polar surface area (TPSA) is 41.4 Å². The number of nitrogens with zero attached hydrogens (tertiary/aromatic N) is 4. The molecule has 1 aromatic heterocycles. The van der Waals surface area contributed by atoms with Crippen LogP contribution in [-0.4, -0.2) is 58.0 Å². The standard InChI is InChI=1S/C22H22BrClN4O/c23-18-6-7-20(24)19(16-18)22(29)28-14-11-26(12-15-28)10-13-27-9-8-25-21(27)17-4-2-1-3-5-17/h1-9,16H,10-15H2. The first-order valence-corrected chi connectivity index (χ1v) is 10.8. The van der Waals surface area contributed by atoms with Crippen LogP contribution in [0.25, 0.3) is 11.4 Å². The van der Waals surface area contributed by atoms with E-state index in [1.807, 2.05) is 41.6 Å². The predicted molar refractivity (Wildman–Crippen MR) is 119 cm³/mol. The third kappa shape index (κ3) is 4.71. The van der Waals surface area contributed by atoms with Gasteiger partial charge in [0, 0.05) is 61.7 Å². The van der Waals surface area contributed by atoms with Crippen molar-refractivity contribution in [3.8, 4) is 11.4 Å². The highest BCUT2D eigenvalue weighted by atomic mass is 79.9. The molecule has 2 aromatic carbocycles. The number of amides is 1. The zero-order chi connectivity index (χ0) is 20.2. The summed E-state index contributed by atoms with van der Waals surface area (Å²) >= 11 is 9.64. The van der Waals surface area contributed by atoms with E-state index in [-0.39, 0.29) is 5.91 Å². The Morgan fingerprint density at radius 1 is 1.03 bits per heavy atom. The first-order chi connectivity index (χ1) is 14.1. The molecule has 0 atom stereocenters. The average Bonchev–Trinajstić information content (AvgIpc) is 3.23. The van der Waals surface area contributed by atoms with E-state index < -0.39 is 0 Å². The molecule has 5 nitrogen and oxygen atoms in total. The number of aromatic nitrogens is 2. The van der Waals surface area contributed by atoms with Crippen LogP contribution in [0, 0.1) is 0 Å². The van der Waals surface area contributed by atoms with E-state index in [1.54, 1.807) is 12.1 Å². The lowest BCUT2D eigenvalue weighted by molar-refractivity contribution is 0.0633. The molecule has 1 amide bonds. The number of piperazine rings is 1. The summed E-state index contributed by atoms with van der Waals surface area (Å²) in [6, 6.07) is 15.6. The summed E-state index contributed by atoms with van der Waals surface area (Å²) in [4.78, 5) is 21.6. The van der Waals surface area contributed by atoms with Crippen LogP contribution in [0.3, 0.4) is 0 Å². The molecule has 1 saturated heterocycles. The molecule has 7 heteroatoms. The molecular weight excluding hydrogens is 452 g/mol. The van der Waals surface area contributed by atoms with Crippen LogP contribution < -0.4 is 0 Å². The second kappa shape index (κ2) is 9.11. The van der Waals surface area contributed by atoms with Gasteiger partial charge in [0.25, 0.3) is 5.91 Å². The van der Waals surface area contributed by atoms with Gasteiger partial charge in [-0.2, -0.15) is 0 Å². The molecule has 4 rings (SSSR count). The van der Waals surface area contributed by atoms with Crippen LogP contribution in [0.1, 0.15) is 10.4 Å². The van der Waals surface area contributed by atoms with Crippen LogP contribution in [0.15, 0.2) is 65.4 Å². The van der Waals surface area contributed by atoms with Gasteiger partial charge in [-0.15, -0.1) is 0 Å². The fourth-order valence-corrected chi connectivity index (χ4v) is 4.15. The van der Waals surface area contributed by atoms with E-state index in [9.17, 15) is 4.79 Å². The summed E-state index contributed by atoms with van der Waals surface area (Å²) in [7, 11) is 0. The minimum Gasteiger partial charge on any atom is -0.336 e. The third-order valence-corrected chi connectivity index (χ3v) is 6.05. The number of halogens is 2. The molecule has 0 bridgehead atoms. The SMILES string of the molecule is O=C(c1cc(Br)ccc1Cl)N1CCN(CCn2ccnc2-c2ccccc2)CC1. The van der Waals surface area contributed by atoms with Crippen LogP contribution >= 0.6 is 27.5 Å². The number of benzene rings is 2. The lowest BCUT2D eigenvalue weighted by atomic mass is 10.2. The fourth-order valence-electron chi connectivity index (χ4n) is 3.59. The molecule has 0 N–H and O–H groups in total. The van der Waals surface area contributed by atoms with E-state index in [2.05, 4.69) is 42.5 Å². The minimum atomic E-state index is -0.00285. The van der Waals surface area contributed by atoms with Crippen LogP contribution in [0.5, 0.6) is 0 Å². The molecule has 3 aromatic rings. The van der Waals surface area contributed by atoms with E-state index in [4.69, 9.17) is 11.6 Å². The fraction of sp³-hybridized carbons (Fsp3) is 0.273. The molecule has 0 aliphatic carbocycles. The van der Waals surface area contributed by atoms with Crippen LogP contribution in [-0.2, 0) is 6.54 Å². The Morgan fingerprint density at radius 2 is 1.79 bits per heavy atom. The van der Waals surface area contributed by atoms with E-state index in [0.717, 1.165) is 42.0 Å². The summed E-state index contributed by atoms with van der Waals surface area (Å²) in [5.41, 5.74) is 1.68. The quantitative estimate of drug-likeness (QED) is 0.551. The molecule has 2 heterocycles. The maximum atomic E-state index is 12.8. The van der Waals surface area contributed by atoms with Crippen LogP contribution in [0.2, 0.25) is 5.02 Å². The maximum absolute atomic E-state index is 12.8. The normalized spacial score (nSPS) is 14.9. The van der Waals surface area contributed by atoms with Gasteiger partial charge in [0.1, 0.15) is 5.82 Å². The van der Waals surface area contributed by atoms with Crippen molar-refractivity contribution in [2.45, 2.75) is 6.54 Å². The summed E-state index contributed by atoms with van der Waals surface area (Å²) in [5, 5.41) is 0.495. The first-order valence-electron chi connectivity index (χ1n) is 9.65. The summed E-state index contributed by atoms with van der Waals surface area (Å²) < 4.78 is 3.05. The van der Waals surface area contributed by atoms with Crippen LogP contribution in [0.4, 0.5) is 0 Å². The van der Waals surface area contributed by atoms with E-state index >= 15 is 0 Å². The summed E-state index contributed by atoms with van der Waals surface area (Å²) in [5.74, 6) is 0.987. The number of carbonyl (C=O) groups excluding carboxylic acids is 1. The van der Waals surface area contributed by atoms with Crippen molar-refractivity contribution in [3.05, 3.63) is 76.0 Å². The maximum Gasteiger partial charge on any atom is 0.255 e. The number of imidazole rings is 1. The van der Waals surface area contributed by atoms with Crippen molar-refractivity contribution in [3.63, 3.8) is 0 Å². The van der Waals surface area contributed by atoms with E-state index in [0.29, 0.717) is 23.7 Å². The van der Waals surface area contributed by atoms with Crippen molar-refractivity contribution >= 4 is 33.4 Å². The number of hydrogen-bond acceptors (Lipinski definition) is 3. The first kappa shape index (κ1) is 20.1. The number of hydrogen-bond donors (Lipinski definition) is 0. The summed E-state index contributed by atoms with van der Waals surface area (Å²) in [6.45, 7) is 4.92. The van der Waals surface area contributed by atoms with Crippen molar-refractivity contribution in [2.75, 3.05) is 32.7 Å². The Kier molecular flexibility index (Phi) is 6.33.